The molecule has 1 aromatic carbocycles. The minimum atomic E-state index is -0.190. The Morgan fingerprint density at radius 3 is 2.43 bits per heavy atom. The van der Waals surface area contributed by atoms with Gasteiger partial charge in [-0.25, -0.2) is 4.79 Å². The molecule has 0 aromatic heterocycles. The number of carbonyl (C=O) groups is 1. The van der Waals surface area contributed by atoms with Gasteiger partial charge in [0.2, 0.25) is 0 Å². The molecule has 5 nitrogen and oxygen atoms in total. The molecule has 0 bridgehead atoms. The number of carbonyl (C=O) groups excluding carboxylic acids is 1. The van der Waals surface area contributed by atoms with E-state index >= 15 is 0 Å². The number of rotatable bonds is 7. The van der Waals surface area contributed by atoms with Crippen LogP contribution in [0.3, 0.4) is 0 Å². The van der Waals surface area contributed by atoms with Crippen LogP contribution >= 0.6 is 0 Å². The molecular weight excluding hydrogens is 290 g/mol. The van der Waals surface area contributed by atoms with E-state index in [1.807, 2.05) is 26.0 Å². The largest absolute Gasteiger partial charge is 0.396 e. The van der Waals surface area contributed by atoms with E-state index < -0.39 is 0 Å². The van der Waals surface area contributed by atoms with Crippen molar-refractivity contribution in [2.24, 2.45) is 5.92 Å². The molecule has 0 fully saturated rings. The quantitative estimate of drug-likeness (QED) is 0.676. The van der Waals surface area contributed by atoms with E-state index in [2.05, 4.69) is 39.8 Å². The molecule has 1 aliphatic rings. The Bertz CT molecular complexity index is 518. The Morgan fingerprint density at radius 1 is 1.22 bits per heavy atom. The van der Waals surface area contributed by atoms with Crippen LogP contribution < -0.4 is 15.5 Å². The molecule has 0 spiro atoms. The third-order valence-electron chi connectivity index (χ3n) is 4.13. The fraction of sp³-hybridized carbons (Fsp3) is 0.500. The van der Waals surface area contributed by atoms with Gasteiger partial charge in [-0.1, -0.05) is 38.1 Å². The summed E-state index contributed by atoms with van der Waals surface area (Å²) in [6.07, 6.45) is 4.90. The average Bonchev–Trinajstić information content (AvgIpc) is 3.07. The first kappa shape index (κ1) is 17.3. The number of urea groups is 1. The van der Waals surface area contributed by atoms with E-state index in [4.69, 9.17) is 5.11 Å². The fourth-order valence-electron chi connectivity index (χ4n) is 2.63. The SMILES string of the molecule is CC(C)C(CCO)NC(=O)NCc1ccc(N2CC=CC2)cc1. The Labute approximate surface area is 138 Å². The van der Waals surface area contributed by atoms with Gasteiger partial charge in [0.05, 0.1) is 0 Å². The minimum Gasteiger partial charge on any atom is -0.396 e. The van der Waals surface area contributed by atoms with Crippen LogP contribution in [0, 0.1) is 5.92 Å². The first-order valence-corrected chi connectivity index (χ1v) is 8.24. The number of hydrogen-bond donors (Lipinski definition) is 3. The first-order valence-electron chi connectivity index (χ1n) is 8.24. The number of hydrogen-bond acceptors (Lipinski definition) is 3. The van der Waals surface area contributed by atoms with Crippen LogP contribution in [0.2, 0.25) is 0 Å². The highest BCUT2D eigenvalue weighted by Crippen LogP contribution is 2.17. The molecule has 3 N–H and O–H groups in total. The van der Waals surface area contributed by atoms with Gasteiger partial charge in [-0.05, 0) is 30.0 Å². The molecule has 1 aliphatic heterocycles. The van der Waals surface area contributed by atoms with Crippen molar-refractivity contribution in [3.63, 3.8) is 0 Å². The zero-order valence-electron chi connectivity index (χ0n) is 14.0. The van der Waals surface area contributed by atoms with Crippen LogP contribution in [0.15, 0.2) is 36.4 Å². The smallest absolute Gasteiger partial charge is 0.315 e. The van der Waals surface area contributed by atoms with E-state index in [0.717, 1.165) is 18.7 Å². The van der Waals surface area contributed by atoms with Gasteiger partial charge in [-0.2, -0.15) is 0 Å². The summed E-state index contributed by atoms with van der Waals surface area (Å²) in [6, 6.07) is 8.06. The predicted octanol–water partition coefficient (Wildman–Crippen LogP) is 2.27. The lowest BCUT2D eigenvalue weighted by atomic mass is 10.0. The number of nitrogens with zero attached hydrogens (tertiary/aromatic N) is 1. The average molecular weight is 317 g/mol. The van der Waals surface area contributed by atoms with Crippen molar-refractivity contribution in [1.29, 1.82) is 0 Å². The summed E-state index contributed by atoms with van der Waals surface area (Å²) >= 11 is 0. The number of anilines is 1. The van der Waals surface area contributed by atoms with Gasteiger partial charge in [0.25, 0.3) is 0 Å². The molecule has 1 atom stereocenters. The third kappa shape index (κ3) is 5.28. The number of aliphatic hydroxyl groups excluding tert-OH is 1. The molecule has 126 valence electrons. The summed E-state index contributed by atoms with van der Waals surface area (Å²) < 4.78 is 0. The highest BCUT2D eigenvalue weighted by atomic mass is 16.3. The minimum absolute atomic E-state index is 0.00922. The normalized spacial score (nSPS) is 15.0. The maximum absolute atomic E-state index is 12.0. The molecule has 1 heterocycles. The van der Waals surface area contributed by atoms with Crippen molar-refractivity contribution >= 4 is 11.7 Å². The summed E-state index contributed by atoms with van der Waals surface area (Å²) in [5.41, 5.74) is 2.27. The molecule has 2 rings (SSSR count). The molecule has 2 amide bonds. The van der Waals surface area contributed by atoms with E-state index in [1.54, 1.807) is 0 Å². The van der Waals surface area contributed by atoms with Crippen molar-refractivity contribution < 1.29 is 9.90 Å². The van der Waals surface area contributed by atoms with Crippen molar-refractivity contribution in [3.05, 3.63) is 42.0 Å². The predicted molar refractivity (Wildman–Crippen MR) is 93.5 cm³/mol. The maximum atomic E-state index is 12.0. The summed E-state index contributed by atoms with van der Waals surface area (Å²) in [4.78, 5) is 14.2. The highest BCUT2D eigenvalue weighted by Gasteiger charge is 2.15. The topological polar surface area (TPSA) is 64.6 Å². The fourth-order valence-corrected chi connectivity index (χ4v) is 2.63. The lowest BCUT2D eigenvalue weighted by Gasteiger charge is -2.22. The second-order valence-electron chi connectivity index (χ2n) is 6.23. The Hall–Kier alpha value is -2.01. The van der Waals surface area contributed by atoms with Gasteiger partial charge in [-0.15, -0.1) is 0 Å². The van der Waals surface area contributed by atoms with Crippen LogP contribution in [-0.2, 0) is 6.54 Å². The van der Waals surface area contributed by atoms with Gasteiger partial charge in [0.15, 0.2) is 0 Å². The van der Waals surface area contributed by atoms with Crippen LogP contribution in [0.1, 0.15) is 25.8 Å². The van der Waals surface area contributed by atoms with Crippen molar-refractivity contribution in [2.75, 3.05) is 24.6 Å². The zero-order chi connectivity index (χ0) is 16.7. The van der Waals surface area contributed by atoms with Crippen molar-refractivity contribution in [1.82, 2.24) is 10.6 Å². The molecule has 0 radical (unpaired) electrons. The number of aliphatic hydroxyl groups is 1. The molecule has 1 unspecified atom stereocenters. The number of amides is 2. The molecule has 1 aromatic rings. The first-order chi connectivity index (χ1) is 11.1. The second kappa shape index (κ2) is 8.58. The van der Waals surface area contributed by atoms with Crippen LogP contribution in [-0.4, -0.2) is 36.9 Å². The van der Waals surface area contributed by atoms with Crippen LogP contribution in [0.5, 0.6) is 0 Å². The van der Waals surface area contributed by atoms with E-state index in [9.17, 15) is 4.79 Å². The van der Waals surface area contributed by atoms with Gasteiger partial charge < -0.3 is 20.6 Å². The number of benzene rings is 1. The summed E-state index contributed by atoms with van der Waals surface area (Å²) in [5, 5.41) is 14.8. The van der Waals surface area contributed by atoms with Crippen molar-refractivity contribution in [2.45, 2.75) is 32.9 Å². The standard InChI is InChI=1S/C18H27N3O2/c1-14(2)17(9-12-22)20-18(23)19-13-15-5-7-16(8-6-15)21-10-3-4-11-21/h3-8,14,17,22H,9-13H2,1-2H3,(H2,19,20,23). The van der Waals surface area contributed by atoms with Crippen LogP contribution in [0.4, 0.5) is 10.5 Å². The van der Waals surface area contributed by atoms with E-state index in [1.165, 1.54) is 5.69 Å². The molecule has 23 heavy (non-hydrogen) atoms. The molecule has 0 saturated heterocycles. The summed E-state index contributed by atoms with van der Waals surface area (Å²) in [6.45, 7) is 6.56. The van der Waals surface area contributed by atoms with Gasteiger partial charge in [-0.3, -0.25) is 0 Å². The second-order valence-corrected chi connectivity index (χ2v) is 6.23. The zero-order valence-corrected chi connectivity index (χ0v) is 14.0. The number of nitrogens with one attached hydrogen (secondary N) is 2. The molecule has 0 aliphatic carbocycles. The lowest BCUT2D eigenvalue weighted by molar-refractivity contribution is 0.218. The Morgan fingerprint density at radius 2 is 1.87 bits per heavy atom. The summed E-state index contributed by atoms with van der Waals surface area (Å²) in [5.74, 6) is 0.293. The van der Waals surface area contributed by atoms with Crippen molar-refractivity contribution in [3.8, 4) is 0 Å². The molecular formula is C18H27N3O2. The molecule has 0 saturated carbocycles. The van der Waals surface area contributed by atoms with E-state index in [0.29, 0.717) is 18.9 Å². The maximum Gasteiger partial charge on any atom is 0.315 e. The van der Waals surface area contributed by atoms with E-state index in [-0.39, 0.29) is 18.7 Å². The van der Waals surface area contributed by atoms with Gasteiger partial charge >= 0.3 is 6.03 Å². The van der Waals surface area contributed by atoms with Crippen LogP contribution in [0.25, 0.3) is 0 Å². The Kier molecular flexibility index (Phi) is 6.47. The monoisotopic (exact) mass is 317 g/mol. The van der Waals surface area contributed by atoms with Gasteiger partial charge in [0.1, 0.15) is 0 Å². The third-order valence-corrected chi connectivity index (χ3v) is 4.13. The molecule has 5 heteroatoms. The van der Waals surface area contributed by atoms with Gasteiger partial charge in [0, 0.05) is 38.0 Å². The Balaban J connectivity index is 1.79. The highest BCUT2D eigenvalue weighted by molar-refractivity contribution is 5.74. The lowest BCUT2D eigenvalue weighted by Crippen LogP contribution is -2.44. The summed E-state index contributed by atoms with van der Waals surface area (Å²) in [7, 11) is 0.